The molecule has 2 heteroatoms. The van der Waals surface area contributed by atoms with Crippen LogP contribution >= 0.6 is 0 Å². The third-order valence-electron chi connectivity index (χ3n) is 3.11. The molecule has 0 spiro atoms. The van der Waals surface area contributed by atoms with E-state index in [1.165, 1.54) is 0 Å². The third-order valence-corrected chi connectivity index (χ3v) is 3.11. The highest BCUT2D eigenvalue weighted by atomic mass is 16.2. The maximum absolute atomic E-state index is 12.0. The van der Waals surface area contributed by atoms with Crippen molar-refractivity contribution >= 4 is 28.4 Å². The Labute approximate surface area is 93.8 Å². The SMILES string of the molecule is C=Cc1cc2c3c(cccc3c1)N(C)C2=O. The lowest BCUT2D eigenvalue weighted by atomic mass is 10.0. The van der Waals surface area contributed by atoms with Crippen molar-refractivity contribution in [1.82, 2.24) is 0 Å². The van der Waals surface area contributed by atoms with Crippen LogP contribution in [-0.4, -0.2) is 13.0 Å². The van der Waals surface area contributed by atoms with E-state index < -0.39 is 0 Å². The standard InChI is InChI=1S/C14H11NO/c1-3-9-7-10-5-4-6-12-13(10)11(8-9)14(16)15(12)2/h3-8H,1H2,2H3. The van der Waals surface area contributed by atoms with Crippen LogP contribution < -0.4 is 4.90 Å². The number of carbonyl (C=O) groups excluding carboxylic acids is 1. The fraction of sp³-hybridized carbons (Fsp3) is 0.0714. The van der Waals surface area contributed by atoms with E-state index >= 15 is 0 Å². The lowest BCUT2D eigenvalue weighted by Gasteiger charge is -2.08. The normalized spacial score (nSPS) is 13.6. The number of rotatable bonds is 1. The van der Waals surface area contributed by atoms with Gasteiger partial charge in [-0.1, -0.05) is 24.8 Å². The number of benzene rings is 2. The number of nitrogens with zero attached hydrogens (tertiary/aromatic N) is 1. The van der Waals surface area contributed by atoms with E-state index in [9.17, 15) is 4.79 Å². The lowest BCUT2D eigenvalue weighted by Crippen LogP contribution is -2.20. The second-order valence-corrected chi connectivity index (χ2v) is 4.01. The summed E-state index contributed by atoms with van der Waals surface area (Å²) in [5.41, 5.74) is 2.77. The van der Waals surface area contributed by atoms with Crippen LogP contribution in [0.4, 0.5) is 5.69 Å². The van der Waals surface area contributed by atoms with Crippen molar-refractivity contribution in [3.8, 4) is 0 Å². The maximum atomic E-state index is 12.0. The summed E-state index contributed by atoms with van der Waals surface area (Å²) in [5, 5.41) is 2.16. The van der Waals surface area contributed by atoms with E-state index in [4.69, 9.17) is 0 Å². The summed E-state index contributed by atoms with van der Waals surface area (Å²) < 4.78 is 0. The molecule has 78 valence electrons. The highest BCUT2D eigenvalue weighted by molar-refractivity contribution is 6.25. The van der Waals surface area contributed by atoms with Crippen LogP contribution in [-0.2, 0) is 0 Å². The molecular weight excluding hydrogens is 198 g/mol. The summed E-state index contributed by atoms with van der Waals surface area (Å²) in [6.45, 7) is 3.75. The molecule has 16 heavy (non-hydrogen) atoms. The Kier molecular flexibility index (Phi) is 1.69. The highest BCUT2D eigenvalue weighted by Gasteiger charge is 2.26. The van der Waals surface area contributed by atoms with Crippen molar-refractivity contribution in [2.45, 2.75) is 0 Å². The molecule has 3 rings (SSSR count). The van der Waals surface area contributed by atoms with Crippen LogP contribution in [0.15, 0.2) is 36.9 Å². The van der Waals surface area contributed by atoms with Gasteiger partial charge in [-0.15, -0.1) is 0 Å². The molecule has 1 amide bonds. The molecule has 0 N–H and O–H groups in total. The molecule has 0 atom stereocenters. The molecule has 0 saturated heterocycles. The van der Waals surface area contributed by atoms with Crippen molar-refractivity contribution in [2.24, 2.45) is 0 Å². The smallest absolute Gasteiger partial charge is 0.258 e. The van der Waals surface area contributed by atoms with Crippen LogP contribution in [0.2, 0.25) is 0 Å². The molecular formula is C14H11NO. The van der Waals surface area contributed by atoms with Crippen molar-refractivity contribution in [3.63, 3.8) is 0 Å². The second kappa shape index (κ2) is 2.95. The first kappa shape index (κ1) is 9.16. The summed E-state index contributed by atoms with van der Waals surface area (Å²) in [5.74, 6) is 0.0647. The average molecular weight is 209 g/mol. The van der Waals surface area contributed by atoms with E-state index in [1.54, 1.807) is 11.0 Å². The molecule has 2 aromatic rings. The molecule has 2 aromatic carbocycles. The lowest BCUT2D eigenvalue weighted by molar-refractivity contribution is 0.0999. The molecule has 1 heterocycles. The van der Waals surface area contributed by atoms with Gasteiger partial charge >= 0.3 is 0 Å². The van der Waals surface area contributed by atoms with Gasteiger partial charge in [0.25, 0.3) is 5.91 Å². The number of carbonyl (C=O) groups is 1. The Morgan fingerprint density at radius 1 is 1.31 bits per heavy atom. The first-order valence-corrected chi connectivity index (χ1v) is 5.19. The summed E-state index contributed by atoms with van der Waals surface area (Å²) in [7, 11) is 1.81. The van der Waals surface area contributed by atoms with Gasteiger partial charge in [0, 0.05) is 12.4 Å². The molecule has 0 saturated carbocycles. The summed E-state index contributed by atoms with van der Waals surface area (Å²) in [6, 6.07) is 9.95. The van der Waals surface area contributed by atoms with E-state index in [2.05, 4.69) is 12.6 Å². The fourth-order valence-corrected chi connectivity index (χ4v) is 2.29. The van der Waals surface area contributed by atoms with E-state index in [1.807, 2.05) is 31.3 Å². The zero-order chi connectivity index (χ0) is 11.3. The molecule has 0 aliphatic carbocycles. The average Bonchev–Trinajstić information content (AvgIpc) is 2.56. The maximum Gasteiger partial charge on any atom is 0.258 e. The molecule has 2 nitrogen and oxygen atoms in total. The fourth-order valence-electron chi connectivity index (χ4n) is 2.29. The minimum absolute atomic E-state index is 0.0647. The molecule has 0 bridgehead atoms. The zero-order valence-corrected chi connectivity index (χ0v) is 9.03. The molecule has 0 fully saturated rings. The zero-order valence-electron chi connectivity index (χ0n) is 9.03. The number of hydrogen-bond donors (Lipinski definition) is 0. The van der Waals surface area contributed by atoms with Crippen molar-refractivity contribution < 1.29 is 4.79 Å². The topological polar surface area (TPSA) is 20.3 Å². The Balaban J connectivity index is 2.50. The van der Waals surface area contributed by atoms with Gasteiger partial charge in [-0.25, -0.2) is 0 Å². The number of amides is 1. The summed E-state index contributed by atoms with van der Waals surface area (Å²) >= 11 is 0. The quantitative estimate of drug-likeness (QED) is 0.706. The highest BCUT2D eigenvalue weighted by Crippen LogP contribution is 2.37. The van der Waals surface area contributed by atoms with Crippen LogP contribution in [0, 0.1) is 0 Å². The largest absolute Gasteiger partial charge is 0.311 e. The van der Waals surface area contributed by atoms with Gasteiger partial charge in [0.15, 0.2) is 0 Å². The Morgan fingerprint density at radius 3 is 2.88 bits per heavy atom. The number of hydrogen-bond acceptors (Lipinski definition) is 1. The van der Waals surface area contributed by atoms with Crippen molar-refractivity contribution in [3.05, 3.63) is 48.0 Å². The van der Waals surface area contributed by atoms with Gasteiger partial charge in [0.2, 0.25) is 0 Å². The third kappa shape index (κ3) is 0.986. The molecule has 1 aliphatic rings. The minimum Gasteiger partial charge on any atom is -0.311 e. The van der Waals surface area contributed by atoms with E-state index in [-0.39, 0.29) is 5.91 Å². The van der Waals surface area contributed by atoms with E-state index in [0.29, 0.717) is 0 Å². The predicted octanol–water partition coefficient (Wildman–Crippen LogP) is 3.07. The molecule has 0 unspecified atom stereocenters. The molecule has 0 radical (unpaired) electrons. The second-order valence-electron chi connectivity index (χ2n) is 4.01. The van der Waals surface area contributed by atoms with Crippen LogP contribution in [0.5, 0.6) is 0 Å². The van der Waals surface area contributed by atoms with Gasteiger partial charge < -0.3 is 4.90 Å². The first-order chi connectivity index (χ1) is 7.72. The molecule has 1 aliphatic heterocycles. The predicted molar refractivity (Wildman–Crippen MR) is 66.8 cm³/mol. The van der Waals surface area contributed by atoms with Gasteiger partial charge in [0.1, 0.15) is 0 Å². The number of anilines is 1. The minimum atomic E-state index is 0.0647. The van der Waals surface area contributed by atoms with Crippen LogP contribution in [0.1, 0.15) is 15.9 Å². The monoisotopic (exact) mass is 209 g/mol. The van der Waals surface area contributed by atoms with Gasteiger partial charge in [0.05, 0.1) is 11.3 Å². The van der Waals surface area contributed by atoms with Crippen LogP contribution in [0.25, 0.3) is 16.8 Å². The Morgan fingerprint density at radius 2 is 2.12 bits per heavy atom. The van der Waals surface area contributed by atoms with Gasteiger partial charge in [-0.3, -0.25) is 4.79 Å². The Bertz CT molecular complexity index is 628. The Hall–Kier alpha value is -2.09. The van der Waals surface area contributed by atoms with Crippen LogP contribution in [0.3, 0.4) is 0 Å². The van der Waals surface area contributed by atoms with Crippen molar-refractivity contribution in [2.75, 3.05) is 11.9 Å². The summed E-state index contributed by atoms with van der Waals surface area (Å²) in [4.78, 5) is 13.7. The van der Waals surface area contributed by atoms with Gasteiger partial charge in [-0.2, -0.15) is 0 Å². The first-order valence-electron chi connectivity index (χ1n) is 5.19. The van der Waals surface area contributed by atoms with Gasteiger partial charge in [-0.05, 0) is 29.1 Å². The van der Waals surface area contributed by atoms with Crippen molar-refractivity contribution in [1.29, 1.82) is 0 Å². The molecule has 0 aromatic heterocycles. The summed E-state index contributed by atoms with van der Waals surface area (Å²) in [6.07, 6.45) is 1.77. The van der Waals surface area contributed by atoms with E-state index in [0.717, 1.165) is 27.6 Å².